The maximum Gasteiger partial charge on any atom is 0.344 e. The Labute approximate surface area is 205 Å². The van der Waals surface area contributed by atoms with Gasteiger partial charge in [-0.2, -0.15) is 0 Å². The normalized spacial score (nSPS) is 22.8. The Bertz CT molecular complexity index is 1570. The molecule has 0 radical (unpaired) electrons. The fraction of sp³-hybridized carbons (Fsp3) is 0.296. The molecule has 2 heterocycles. The van der Waals surface area contributed by atoms with E-state index in [1.807, 2.05) is 0 Å². The van der Waals surface area contributed by atoms with Gasteiger partial charge in [-0.25, -0.2) is 4.79 Å². The lowest BCUT2D eigenvalue weighted by Crippen LogP contribution is -2.36. The fourth-order valence-electron chi connectivity index (χ4n) is 5.06. The highest BCUT2D eigenvalue weighted by Crippen LogP contribution is 2.47. The van der Waals surface area contributed by atoms with Crippen LogP contribution in [-0.4, -0.2) is 59.1 Å². The lowest BCUT2D eigenvalue weighted by atomic mass is 9.92. The van der Waals surface area contributed by atoms with Crippen molar-refractivity contribution in [2.75, 3.05) is 14.2 Å². The SMILES string of the molecule is C=Cc1cc(OC)c2c(c1)c(=O)oc1c2cc(OC)c2c(O)ccc([C@@H]3O[C@@H]([C@@H](C)O)[C@H](O)[C@H]3O)c21. The first-order valence-electron chi connectivity index (χ1n) is 11.3. The van der Waals surface area contributed by atoms with Gasteiger partial charge in [0, 0.05) is 16.2 Å². The van der Waals surface area contributed by atoms with Crippen LogP contribution in [0.1, 0.15) is 24.2 Å². The number of methoxy groups -OCH3 is 2. The molecule has 9 nitrogen and oxygen atoms in total. The minimum atomic E-state index is -1.39. The van der Waals surface area contributed by atoms with Crippen molar-refractivity contribution in [3.63, 3.8) is 0 Å². The molecule has 0 aliphatic carbocycles. The Hall–Kier alpha value is -3.63. The fourth-order valence-corrected chi connectivity index (χ4v) is 5.06. The largest absolute Gasteiger partial charge is 0.507 e. The second-order valence-corrected chi connectivity index (χ2v) is 8.86. The van der Waals surface area contributed by atoms with Crippen molar-refractivity contribution in [3.05, 3.63) is 58.5 Å². The number of hydrogen-bond donors (Lipinski definition) is 4. The monoisotopic (exact) mass is 494 g/mol. The molecule has 3 aromatic carbocycles. The summed E-state index contributed by atoms with van der Waals surface area (Å²) in [5.74, 6) is 0.538. The lowest BCUT2D eigenvalue weighted by molar-refractivity contribution is -0.0586. The number of benzene rings is 3. The number of aromatic hydroxyl groups is 1. The van der Waals surface area contributed by atoms with Crippen molar-refractivity contribution < 1.29 is 39.1 Å². The molecule has 0 bridgehead atoms. The number of aliphatic hydroxyl groups excluding tert-OH is 3. The summed E-state index contributed by atoms with van der Waals surface area (Å²) in [6.45, 7) is 5.21. The van der Waals surface area contributed by atoms with E-state index in [4.69, 9.17) is 18.6 Å². The zero-order valence-corrected chi connectivity index (χ0v) is 19.9. The molecule has 188 valence electrons. The second-order valence-electron chi connectivity index (χ2n) is 8.86. The molecular weight excluding hydrogens is 468 g/mol. The number of aliphatic hydroxyl groups is 3. The smallest absolute Gasteiger partial charge is 0.344 e. The summed E-state index contributed by atoms with van der Waals surface area (Å²) in [6, 6.07) is 7.94. The molecule has 1 aliphatic heterocycles. The standard InChI is InChI=1S/C27H26O9/c1-5-12-8-15-19(17(9-12)33-3)14-10-18(34-4)21-16(29)7-6-13(20(21)25(14)36-27(15)32)26-23(31)22(30)24(35-26)11(2)28/h5-11,22-24,26,28-31H,1H2,2-4H3/t11-,22-,23-,24+,26+/m1/s1. The second kappa shape index (κ2) is 8.79. The Morgan fingerprint density at radius 2 is 1.69 bits per heavy atom. The first kappa shape index (κ1) is 24.1. The maximum atomic E-state index is 13.2. The molecule has 36 heavy (non-hydrogen) atoms. The molecule has 4 N–H and O–H groups in total. The molecule has 9 heteroatoms. The van der Waals surface area contributed by atoms with Crippen molar-refractivity contribution in [1.29, 1.82) is 0 Å². The highest BCUT2D eigenvalue weighted by Gasteiger charge is 2.46. The predicted molar refractivity (Wildman–Crippen MR) is 134 cm³/mol. The van der Waals surface area contributed by atoms with Crippen LogP contribution in [0.4, 0.5) is 0 Å². The number of hydrogen-bond acceptors (Lipinski definition) is 9. The molecular formula is C27H26O9. The van der Waals surface area contributed by atoms with E-state index >= 15 is 0 Å². The van der Waals surface area contributed by atoms with E-state index in [1.54, 1.807) is 24.3 Å². The summed E-state index contributed by atoms with van der Waals surface area (Å²) >= 11 is 0. The first-order chi connectivity index (χ1) is 17.2. The molecule has 0 unspecified atom stereocenters. The Morgan fingerprint density at radius 3 is 2.31 bits per heavy atom. The average molecular weight is 494 g/mol. The van der Waals surface area contributed by atoms with Gasteiger partial charge < -0.3 is 39.1 Å². The highest BCUT2D eigenvalue weighted by atomic mass is 16.6. The average Bonchev–Trinajstić information content (AvgIpc) is 3.17. The Kier molecular flexibility index (Phi) is 5.88. The van der Waals surface area contributed by atoms with Crippen LogP contribution in [-0.2, 0) is 4.74 Å². The van der Waals surface area contributed by atoms with Gasteiger partial charge in [-0.15, -0.1) is 0 Å². The zero-order chi connectivity index (χ0) is 25.9. The van der Waals surface area contributed by atoms with E-state index in [1.165, 1.54) is 33.3 Å². The van der Waals surface area contributed by atoms with Crippen LogP contribution in [0.5, 0.6) is 17.2 Å². The van der Waals surface area contributed by atoms with E-state index in [-0.39, 0.29) is 33.2 Å². The van der Waals surface area contributed by atoms with Crippen molar-refractivity contribution >= 4 is 38.6 Å². The van der Waals surface area contributed by atoms with Gasteiger partial charge in [-0.1, -0.05) is 18.7 Å². The van der Waals surface area contributed by atoms with E-state index < -0.39 is 36.1 Å². The topological polar surface area (TPSA) is 139 Å². The predicted octanol–water partition coefficient (Wildman–Crippen LogP) is 3.01. The maximum absolute atomic E-state index is 13.2. The number of phenolic OH excluding ortho intramolecular Hbond substituents is 1. The van der Waals surface area contributed by atoms with E-state index in [2.05, 4.69) is 6.58 Å². The van der Waals surface area contributed by atoms with Gasteiger partial charge >= 0.3 is 5.63 Å². The number of ether oxygens (including phenoxy) is 3. The van der Waals surface area contributed by atoms with Crippen molar-refractivity contribution in [2.24, 2.45) is 0 Å². The van der Waals surface area contributed by atoms with E-state index in [0.717, 1.165) is 0 Å². The third-order valence-corrected chi connectivity index (χ3v) is 6.78. The number of rotatable bonds is 5. The summed E-state index contributed by atoms with van der Waals surface area (Å²) in [7, 11) is 2.92. The molecule has 5 atom stereocenters. The molecule has 0 amide bonds. The third kappa shape index (κ3) is 3.43. The minimum absolute atomic E-state index is 0.115. The van der Waals surface area contributed by atoms with Gasteiger partial charge in [0.05, 0.1) is 31.1 Å². The van der Waals surface area contributed by atoms with Gasteiger partial charge in [0.2, 0.25) is 0 Å². The summed E-state index contributed by atoms with van der Waals surface area (Å²) in [6.07, 6.45) is -4.36. The quantitative estimate of drug-likeness (QED) is 0.244. The third-order valence-electron chi connectivity index (χ3n) is 6.78. The van der Waals surface area contributed by atoms with Crippen molar-refractivity contribution in [1.82, 2.24) is 0 Å². The molecule has 0 spiro atoms. The van der Waals surface area contributed by atoms with Crippen LogP contribution in [0.25, 0.3) is 38.6 Å². The van der Waals surface area contributed by atoms with Crippen LogP contribution < -0.4 is 15.1 Å². The summed E-state index contributed by atoms with van der Waals surface area (Å²) in [5, 5.41) is 43.8. The number of fused-ring (bicyclic) bond motifs is 5. The van der Waals surface area contributed by atoms with Gasteiger partial charge in [0.25, 0.3) is 0 Å². The van der Waals surface area contributed by atoms with Crippen molar-refractivity contribution in [2.45, 2.75) is 37.4 Å². The van der Waals surface area contributed by atoms with Gasteiger partial charge in [-0.05, 0) is 42.3 Å². The molecule has 1 saturated heterocycles. The zero-order valence-electron chi connectivity index (χ0n) is 19.9. The molecule has 0 saturated carbocycles. The minimum Gasteiger partial charge on any atom is -0.507 e. The lowest BCUT2D eigenvalue weighted by Gasteiger charge is -2.20. The van der Waals surface area contributed by atoms with Crippen LogP contribution >= 0.6 is 0 Å². The number of phenols is 1. The van der Waals surface area contributed by atoms with Crippen LogP contribution in [0, 0.1) is 0 Å². The first-order valence-corrected chi connectivity index (χ1v) is 11.3. The molecule has 4 aromatic rings. The molecule has 5 rings (SSSR count). The highest BCUT2D eigenvalue weighted by molar-refractivity contribution is 6.19. The van der Waals surface area contributed by atoms with Gasteiger partial charge in [-0.3, -0.25) is 0 Å². The molecule has 1 aliphatic rings. The summed E-state index contributed by atoms with van der Waals surface area (Å²) < 4.78 is 22.9. The van der Waals surface area contributed by atoms with E-state index in [0.29, 0.717) is 27.6 Å². The summed E-state index contributed by atoms with van der Waals surface area (Å²) in [5.41, 5.74) is 0.475. The van der Waals surface area contributed by atoms with Crippen LogP contribution in [0.15, 0.2) is 46.1 Å². The van der Waals surface area contributed by atoms with Gasteiger partial charge in [0.1, 0.15) is 47.2 Å². The van der Waals surface area contributed by atoms with Crippen LogP contribution in [0.2, 0.25) is 0 Å². The van der Waals surface area contributed by atoms with Crippen molar-refractivity contribution in [3.8, 4) is 17.2 Å². The van der Waals surface area contributed by atoms with Gasteiger partial charge in [0.15, 0.2) is 0 Å². The summed E-state index contributed by atoms with van der Waals surface area (Å²) in [4.78, 5) is 13.2. The molecule has 1 aromatic heterocycles. The van der Waals surface area contributed by atoms with E-state index in [9.17, 15) is 25.2 Å². The molecule has 1 fully saturated rings. The Morgan fingerprint density at radius 1 is 1.00 bits per heavy atom. The Balaban J connectivity index is 1.95. The van der Waals surface area contributed by atoms with Crippen LogP contribution in [0.3, 0.4) is 0 Å².